The van der Waals surface area contributed by atoms with Crippen molar-refractivity contribution in [3.8, 4) is 5.75 Å². The van der Waals surface area contributed by atoms with Crippen LogP contribution in [0.5, 0.6) is 5.75 Å². The van der Waals surface area contributed by atoms with E-state index in [4.69, 9.17) is 4.74 Å². The Morgan fingerprint density at radius 2 is 1.74 bits per heavy atom. The Hall–Kier alpha value is -1.22. The van der Waals surface area contributed by atoms with E-state index in [0.717, 1.165) is 44.5 Å². The van der Waals surface area contributed by atoms with Gasteiger partial charge in [-0.1, -0.05) is 12.8 Å². The zero-order chi connectivity index (χ0) is 12.9. The van der Waals surface area contributed by atoms with Crippen LogP contribution >= 0.6 is 0 Å². The van der Waals surface area contributed by atoms with E-state index in [1.54, 1.807) is 0 Å². The van der Waals surface area contributed by atoms with E-state index >= 15 is 0 Å². The zero-order valence-corrected chi connectivity index (χ0v) is 11.6. The summed E-state index contributed by atoms with van der Waals surface area (Å²) in [6.45, 7) is 5.26. The van der Waals surface area contributed by atoms with Crippen LogP contribution in [0.1, 0.15) is 25.7 Å². The normalized spacial score (nSPS) is 20.7. The first kappa shape index (κ1) is 12.8. The molecule has 1 aliphatic carbocycles. The number of rotatable bonds is 4. The highest BCUT2D eigenvalue weighted by molar-refractivity contribution is 5.49. The second-order valence-electron chi connectivity index (χ2n) is 5.69. The van der Waals surface area contributed by atoms with Gasteiger partial charge in [0.1, 0.15) is 5.75 Å². The average Bonchev–Trinajstić information content (AvgIpc) is 3.00. The molecular weight excluding hydrogens is 236 g/mol. The van der Waals surface area contributed by atoms with Gasteiger partial charge >= 0.3 is 0 Å². The molecule has 1 saturated heterocycles. The van der Waals surface area contributed by atoms with Crippen LogP contribution in [-0.4, -0.2) is 32.8 Å². The van der Waals surface area contributed by atoms with Gasteiger partial charge in [-0.2, -0.15) is 0 Å². The lowest BCUT2D eigenvalue weighted by Crippen LogP contribution is -2.43. The van der Waals surface area contributed by atoms with E-state index in [0.29, 0.717) is 0 Å². The maximum absolute atomic E-state index is 5.90. The Labute approximate surface area is 115 Å². The predicted molar refractivity (Wildman–Crippen MR) is 79.0 cm³/mol. The van der Waals surface area contributed by atoms with Crippen molar-refractivity contribution in [2.24, 2.45) is 5.92 Å². The van der Waals surface area contributed by atoms with Gasteiger partial charge in [0.15, 0.2) is 0 Å². The maximum atomic E-state index is 5.90. The third kappa shape index (κ3) is 3.41. The molecule has 2 aliphatic rings. The third-order valence-corrected chi connectivity index (χ3v) is 4.28. The van der Waals surface area contributed by atoms with Crippen molar-refractivity contribution in [2.75, 3.05) is 37.7 Å². The predicted octanol–water partition coefficient (Wildman–Crippen LogP) is 2.67. The fraction of sp³-hybridized carbons (Fsp3) is 0.625. The van der Waals surface area contributed by atoms with Crippen molar-refractivity contribution in [3.63, 3.8) is 0 Å². The topological polar surface area (TPSA) is 24.5 Å². The molecule has 1 aromatic carbocycles. The first-order valence-corrected chi connectivity index (χ1v) is 7.60. The van der Waals surface area contributed by atoms with Crippen LogP contribution in [0.25, 0.3) is 0 Å². The zero-order valence-electron chi connectivity index (χ0n) is 11.6. The highest BCUT2D eigenvalue weighted by Gasteiger charge is 2.15. The van der Waals surface area contributed by atoms with Gasteiger partial charge < -0.3 is 15.0 Å². The SMILES string of the molecule is c1cc(N2CCNCC2)ccc1OCC1CCCC1. The molecule has 1 N–H and O–H groups in total. The van der Waals surface area contributed by atoms with Crippen LogP contribution < -0.4 is 15.0 Å². The highest BCUT2D eigenvalue weighted by atomic mass is 16.5. The standard InChI is InChI=1S/C16H24N2O/c1-2-4-14(3-1)13-19-16-7-5-15(6-8-16)18-11-9-17-10-12-18/h5-8,14,17H,1-4,9-13H2. The number of anilines is 1. The fourth-order valence-electron chi connectivity index (χ4n) is 3.07. The first-order chi connectivity index (χ1) is 9.42. The molecule has 19 heavy (non-hydrogen) atoms. The lowest BCUT2D eigenvalue weighted by molar-refractivity contribution is 0.252. The summed E-state index contributed by atoms with van der Waals surface area (Å²) in [5, 5.41) is 3.38. The Balaban J connectivity index is 1.52. The summed E-state index contributed by atoms with van der Waals surface area (Å²) < 4.78 is 5.90. The number of nitrogens with zero attached hydrogens (tertiary/aromatic N) is 1. The summed E-state index contributed by atoms with van der Waals surface area (Å²) in [6, 6.07) is 8.61. The molecule has 104 valence electrons. The van der Waals surface area contributed by atoms with Crippen molar-refractivity contribution < 1.29 is 4.74 Å². The van der Waals surface area contributed by atoms with Crippen LogP contribution in [0.4, 0.5) is 5.69 Å². The van der Waals surface area contributed by atoms with Crippen LogP contribution in [-0.2, 0) is 0 Å². The van der Waals surface area contributed by atoms with Gasteiger partial charge in [0.05, 0.1) is 6.61 Å². The first-order valence-electron chi connectivity index (χ1n) is 7.60. The molecule has 0 unspecified atom stereocenters. The van der Waals surface area contributed by atoms with E-state index in [1.807, 2.05) is 0 Å². The number of piperazine rings is 1. The van der Waals surface area contributed by atoms with E-state index in [9.17, 15) is 0 Å². The Morgan fingerprint density at radius 1 is 1.05 bits per heavy atom. The Kier molecular flexibility index (Phi) is 4.23. The number of benzene rings is 1. The van der Waals surface area contributed by atoms with Crippen molar-refractivity contribution in [2.45, 2.75) is 25.7 Å². The summed E-state index contributed by atoms with van der Waals surface area (Å²) in [6.07, 6.45) is 5.46. The number of nitrogens with one attached hydrogen (secondary N) is 1. The summed E-state index contributed by atoms with van der Waals surface area (Å²) in [7, 11) is 0. The summed E-state index contributed by atoms with van der Waals surface area (Å²) in [5.41, 5.74) is 1.31. The Bertz CT molecular complexity index is 378. The van der Waals surface area contributed by atoms with Crippen LogP contribution in [0.2, 0.25) is 0 Å². The molecule has 0 atom stereocenters. The number of ether oxygens (including phenoxy) is 1. The van der Waals surface area contributed by atoms with Crippen LogP contribution in [0.3, 0.4) is 0 Å². The smallest absolute Gasteiger partial charge is 0.119 e. The van der Waals surface area contributed by atoms with Gasteiger partial charge in [0, 0.05) is 31.9 Å². The largest absolute Gasteiger partial charge is 0.493 e. The van der Waals surface area contributed by atoms with Gasteiger partial charge in [0.2, 0.25) is 0 Å². The van der Waals surface area contributed by atoms with Crippen molar-refractivity contribution in [1.82, 2.24) is 5.32 Å². The van der Waals surface area contributed by atoms with E-state index in [-0.39, 0.29) is 0 Å². The summed E-state index contributed by atoms with van der Waals surface area (Å²) in [4.78, 5) is 2.43. The van der Waals surface area contributed by atoms with Gasteiger partial charge in [-0.05, 0) is 43.0 Å². The van der Waals surface area contributed by atoms with Gasteiger partial charge in [-0.25, -0.2) is 0 Å². The van der Waals surface area contributed by atoms with Crippen LogP contribution in [0.15, 0.2) is 24.3 Å². The maximum Gasteiger partial charge on any atom is 0.119 e. The molecule has 1 aliphatic heterocycles. The number of hydrogen-bond acceptors (Lipinski definition) is 3. The molecule has 2 fully saturated rings. The Morgan fingerprint density at radius 3 is 2.42 bits per heavy atom. The lowest BCUT2D eigenvalue weighted by Gasteiger charge is -2.29. The quantitative estimate of drug-likeness (QED) is 0.901. The number of hydrogen-bond donors (Lipinski definition) is 1. The minimum absolute atomic E-state index is 0.785. The van der Waals surface area contributed by atoms with Crippen molar-refractivity contribution >= 4 is 5.69 Å². The molecule has 3 rings (SSSR count). The molecule has 3 nitrogen and oxygen atoms in total. The van der Waals surface area contributed by atoms with Crippen molar-refractivity contribution in [3.05, 3.63) is 24.3 Å². The average molecular weight is 260 g/mol. The highest BCUT2D eigenvalue weighted by Crippen LogP contribution is 2.26. The molecule has 0 spiro atoms. The molecule has 1 heterocycles. The molecule has 1 aromatic rings. The second-order valence-corrected chi connectivity index (χ2v) is 5.69. The summed E-state index contributed by atoms with van der Waals surface area (Å²) >= 11 is 0. The van der Waals surface area contributed by atoms with Crippen LogP contribution in [0, 0.1) is 5.92 Å². The lowest BCUT2D eigenvalue weighted by atomic mass is 10.1. The van der Waals surface area contributed by atoms with Gasteiger partial charge in [-0.3, -0.25) is 0 Å². The molecule has 3 heteroatoms. The minimum atomic E-state index is 0.785. The molecule has 0 radical (unpaired) electrons. The summed E-state index contributed by atoms with van der Waals surface area (Å²) in [5.74, 6) is 1.80. The molecule has 1 saturated carbocycles. The van der Waals surface area contributed by atoms with E-state index in [2.05, 4.69) is 34.5 Å². The molecular formula is C16H24N2O. The van der Waals surface area contributed by atoms with Gasteiger partial charge in [-0.15, -0.1) is 0 Å². The van der Waals surface area contributed by atoms with Gasteiger partial charge in [0.25, 0.3) is 0 Å². The van der Waals surface area contributed by atoms with E-state index in [1.165, 1.54) is 31.4 Å². The molecule has 0 amide bonds. The fourth-order valence-corrected chi connectivity index (χ4v) is 3.07. The second kappa shape index (κ2) is 6.29. The van der Waals surface area contributed by atoms with Crippen molar-refractivity contribution in [1.29, 1.82) is 0 Å². The van der Waals surface area contributed by atoms with E-state index < -0.39 is 0 Å². The molecule has 0 aromatic heterocycles. The minimum Gasteiger partial charge on any atom is -0.493 e. The third-order valence-electron chi connectivity index (χ3n) is 4.28. The molecule has 0 bridgehead atoms. The monoisotopic (exact) mass is 260 g/mol.